The number of esters is 2. The highest BCUT2D eigenvalue weighted by Gasteiger charge is 2.11. The normalized spacial score (nSPS) is 11.9. The summed E-state index contributed by atoms with van der Waals surface area (Å²) < 4.78 is 10.7. The molecule has 0 rings (SSSR count). The zero-order valence-electron chi connectivity index (χ0n) is 31.3. The summed E-state index contributed by atoms with van der Waals surface area (Å²) in [6.45, 7) is 6.46. The number of hydrogen-bond donors (Lipinski definition) is 0. The number of unbranched alkanes of at least 4 members (excludes halogenated alkanes) is 16. The monoisotopic (exact) mass is 698 g/mol. The number of hydrogen-bond acceptors (Lipinski definition) is 7. The summed E-state index contributed by atoms with van der Waals surface area (Å²) in [7, 11) is 8.47. The van der Waals surface area contributed by atoms with E-state index < -0.39 is 0 Å². The Morgan fingerprint density at radius 3 is 1.49 bits per heavy atom. The predicted octanol–water partition coefficient (Wildman–Crippen LogP) is 12.3. The maximum Gasteiger partial charge on any atom is 0.306 e. The molecule has 0 aromatic carbocycles. The maximum absolute atomic E-state index is 12.0. The van der Waals surface area contributed by atoms with Crippen LogP contribution in [0.15, 0.2) is 24.3 Å². The van der Waals surface area contributed by atoms with Crippen LogP contribution < -0.4 is 0 Å². The van der Waals surface area contributed by atoms with E-state index in [1.165, 1.54) is 115 Å². The molecular weight excluding hydrogens is 623 g/mol. The molecule has 276 valence electrons. The highest BCUT2D eigenvalue weighted by Crippen LogP contribution is 2.34. The lowest BCUT2D eigenvalue weighted by molar-refractivity contribution is -0.143. The summed E-state index contributed by atoms with van der Waals surface area (Å²) in [4.78, 5) is 26.3. The highest BCUT2D eigenvalue weighted by molar-refractivity contribution is 8.76. The van der Waals surface area contributed by atoms with Gasteiger partial charge in [0.15, 0.2) is 0 Å². The summed E-state index contributed by atoms with van der Waals surface area (Å²) >= 11 is 0. The Kier molecular flexibility index (Phi) is 37.1. The Hall–Kier alpha value is -0.920. The Balaban J connectivity index is 3.99. The molecule has 0 N–H and O–H groups in total. The van der Waals surface area contributed by atoms with E-state index in [4.69, 9.17) is 9.47 Å². The first-order valence-electron chi connectivity index (χ1n) is 19.5. The fourth-order valence-corrected chi connectivity index (χ4v) is 8.20. The fraction of sp³-hybridized carbons (Fsp3) is 0.850. The molecule has 0 atom stereocenters. The number of carbonyl (C=O) groups excluding carboxylic acids is 2. The molecule has 0 saturated carbocycles. The van der Waals surface area contributed by atoms with Crippen molar-refractivity contribution in [2.45, 2.75) is 180 Å². The van der Waals surface area contributed by atoms with Gasteiger partial charge in [-0.3, -0.25) is 9.59 Å². The van der Waals surface area contributed by atoms with Crippen molar-refractivity contribution in [3.05, 3.63) is 24.3 Å². The molecule has 47 heavy (non-hydrogen) atoms. The molecule has 0 fully saturated rings. The second kappa shape index (κ2) is 37.9. The van der Waals surface area contributed by atoms with Crippen molar-refractivity contribution in [1.29, 1.82) is 0 Å². The van der Waals surface area contributed by atoms with Crippen molar-refractivity contribution < 1.29 is 19.1 Å². The maximum atomic E-state index is 12.0. The SMILES string of the molecule is CCCCCC/C=C\COC(=O)CCCCCCCC(CCCCCCCC(=O)OC/C=C\CCCCCC)SSCCCN(C)C. The van der Waals surface area contributed by atoms with Gasteiger partial charge in [0.05, 0.1) is 0 Å². The van der Waals surface area contributed by atoms with Gasteiger partial charge >= 0.3 is 11.9 Å². The lowest BCUT2D eigenvalue weighted by Crippen LogP contribution is -2.13. The van der Waals surface area contributed by atoms with Crippen molar-refractivity contribution in [2.75, 3.05) is 39.6 Å². The summed E-state index contributed by atoms with van der Waals surface area (Å²) in [6, 6.07) is 0. The van der Waals surface area contributed by atoms with Crippen molar-refractivity contribution >= 4 is 33.5 Å². The van der Waals surface area contributed by atoms with Crippen molar-refractivity contribution in [3.63, 3.8) is 0 Å². The number of nitrogens with zero attached hydrogens (tertiary/aromatic N) is 1. The largest absolute Gasteiger partial charge is 0.461 e. The van der Waals surface area contributed by atoms with Gasteiger partial charge in [-0.2, -0.15) is 0 Å². The molecule has 5 nitrogen and oxygen atoms in total. The summed E-state index contributed by atoms with van der Waals surface area (Å²) in [6.07, 6.45) is 37.1. The molecule has 0 unspecified atom stereocenters. The minimum absolute atomic E-state index is 0.0560. The van der Waals surface area contributed by atoms with E-state index in [9.17, 15) is 9.59 Å². The van der Waals surface area contributed by atoms with Crippen LogP contribution in [0.5, 0.6) is 0 Å². The quantitative estimate of drug-likeness (QED) is 0.0279. The van der Waals surface area contributed by atoms with E-state index in [1.807, 2.05) is 12.2 Å². The molecule has 0 aromatic heterocycles. The standard InChI is InChI=1S/C40H75NO4S2/c1-5-7-9-11-13-21-27-35-44-39(42)32-25-19-15-17-23-30-38(47-46-37-29-34-41(3)4)31-24-18-16-20-26-33-40(43)45-36-28-22-14-12-10-8-6-2/h21-22,27-28,38H,5-20,23-26,29-37H2,1-4H3/b27-21-,28-22-. The molecule has 0 bridgehead atoms. The molecule has 0 amide bonds. The van der Waals surface area contributed by atoms with E-state index in [1.54, 1.807) is 0 Å². The summed E-state index contributed by atoms with van der Waals surface area (Å²) in [5.41, 5.74) is 0. The van der Waals surface area contributed by atoms with E-state index in [-0.39, 0.29) is 11.9 Å². The van der Waals surface area contributed by atoms with Gasteiger partial charge in [-0.15, -0.1) is 0 Å². The topological polar surface area (TPSA) is 55.8 Å². The van der Waals surface area contributed by atoms with Crippen LogP contribution in [0.2, 0.25) is 0 Å². The zero-order valence-corrected chi connectivity index (χ0v) is 32.9. The third-order valence-corrected chi connectivity index (χ3v) is 11.4. The molecule has 0 heterocycles. The van der Waals surface area contributed by atoms with Crippen molar-refractivity contribution in [1.82, 2.24) is 4.90 Å². The Morgan fingerprint density at radius 2 is 1.02 bits per heavy atom. The number of ether oxygens (including phenoxy) is 2. The third-order valence-electron chi connectivity index (χ3n) is 8.31. The van der Waals surface area contributed by atoms with Crippen molar-refractivity contribution in [3.8, 4) is 0 Å². The number of allylic oxidation sites excluding steroid dienone is 2. The molecule has 0 aliphatic heterocycles. The molecule has 0 radical (unpaired) electrons. The lowest BCUT2D eigenvalue weighted by atomic mass is 10.0. The van der Waals surface area contributed by atoms with Gasteiger partial charge in [0.25, 0.3) is 0 Å². The Morgan fingerprint density at radius 1 is 0.574 bits per heavy atom. The summed E-state index contributed by atoms with van der Waals surface area (Å²) in [5, 5.41) is 0.726. The third kappa shape index (κ3) is 37.7. The Labute approximate surface area is 300 Å². The molecule has 0 aliphatic carbocycles. The van der Waals surface area contributed by atoms with Crippen LogP contribution in [-0.2, 0) is 19.1 Å². The second-order valence-corrected chi connectivity index (χ2v) is 16.1. The van der Waals surface area contributed by atoms with E-state index >= 15 is 0 Å². The van der Waals surface area contributed by atoms with Gasteiger partial charge in [0, 0.05) is 23.8 Å². The van der Waals surface area contributed by atoms with Crippen LogP contribution in [0.1, 0.15) is 174 Å². The zero-order chi connectivity index (χ0) is 34.5. The van der Waals surface area contributed by atoms with E-state index in [0.29, 0.717) is 26.1 Å². The number of carbonyl (C=O) groups is 2. The Bertz CT molecular complexity index is 692. The average molecular weight is 698 g/mol. The van der Waals surface area contributed by atoms with Crippen LogP contribution in [-0.4, -0.2) is 61.7 Å². The van der Waals surface area contributed by atoms with Gasteiger partial charge in [-0.1, -0.05) is 150 Å². The first kappa shape index (κ1) is 46.1. The van der Waals surface area contributed by atoms with Crippen LogP contribution in [0.3, 0.4) is 0 Å². The first-order valence-corrected chi connectivity index (χ1v) is 21.9. The minimum atomic E-state index is -0.0560. The lowest BCUT2D eigenvalue weighted by Gasteiger charge is -2.16. The van der Waals surface area contributed by atoms with E-state index in [2.05, 4.69) is 66.6 Å². The van der Waals surface area contributed by atoms with Gasteiger partial charge in [0.1, 0.15) is 13.2 Å². The second-order valence-electron chi connectivity index (χ2n) is 13.3. The van der Waals surface area contributed by atoms with Gasteiger partial charge < -0.3 is 14.4 Å². The molecule has 0 spiro atoms. The summed E-state index contributed by atoms with van der Waals surface area (Å²) in [5.74, 6) is 1.11. The van der Waals surface area contributed by atoms with Crippen LogP contribution in [0, 0.1) is 0 Å². The van der Waals surface area contributed by atoms with Crippen LogP contribution in [0.4, 0.5) is 0 Å². The predicted molar refractivity (Wildman–Crippen MR) is 209 cm³/mol. The smallest absolute Gasteiger partial charge is 0.306 e. The molecule has 0 saturated heterocycles. The van der Waals surface area contributed by atoms with Gasteiger partial charge in [0.2, 0.25) is 0 Å². The van der Waals surface area contributed by atoms with Gasteiger partial charge in [-0.25, -0.2) is 0 Å². The average Bonchev–Trinajstić information content (AvgIpc) is 3.05. The molecular formula is C40H75NO4S2. The van der Waals surface area contributed by atoms with Crippen LogP contribution in [0.25, 0.3) is 0 Å². The van der Waals surface area contributed by atoms with Crippen LogP contribution >= 0.6 is 21.6 Å². The molecule has 0 aliphatic rings. The molecule has 0 aromatic rings. The minimum Gasteiger partial charge on any atom is -0.461 e. The van der Waals surface area contributed by atoms with Gasteiger partial charge in [-0.05, 0) is 78.4 Å². The highest BCUT2D eigenvalue weighted by atomic mass is 33.1. The fourth-order valence-electron chi connectivity index (χ4n) is 5.34. The first-order chi connectivity index (χ1) is 23.0. The van der Waals surface area contributed by atoms with Crippen molar-refractivity contribution in [2.24, 2.45) is 0 Å². The number of rotatable bonds is 36. The van der Waals surface area contributed by atoms with E-state index in [0.717, 1.165) is 50.3 Å². The molecule has 7 heteroatoms.